The van der Waals surface area contributed by atoms with Gasteiger partial charge in [0.1, 0.15) is 5.76 Å². The van der Waals surface area contributed by atoms with Crippen molar-refractivity contribution in [3.8, 4) is 0 Å². The molecule has 0 N–H and O–H groups in total. The fourth-order valence-corrected chi connectivity index (χ4v) is 4.12. The third-order valence-electron chi connectivity index (χ3n) is 4.99. The fraction of sp³-hybridized carbons (Fsp3) is 0.130. The van der Waals surface area contributed by atoms with E-state index in [9.17, 15) is 14.9 Å². The van der Waals surface area contributed by atoms with E-state index in [0.717, 1.165) is 21.3 Å². The Hall–Kier alpha value is -3.78. The van der Waals surface area contributed by atoms with E-state index in [1.54, 1.807) is 35.4 Å². The van der Waals surface area contributed by atoms with Crippen LogP contribution in [-0.2, 0) is 11.3 Å². The summed E-state index contributed by atoms with van der Waals surface area (Å²) in [7, 11) is 0. The Balaban J connectivity index is 1.65. The lowest BCUT2D eigenvalue weighted by molar-refractivity contribution is -0.384. The second kappa shape index (κ2) is 8.53. The van der Waals surface area contributed by atoms with Crippen LogP contribution in [0.3, 0.4) is 0 Å². The normalized spacial score (nSPS) is 11.3. The molecule has 0 saturated carbocycles. The maximum absolute atomic E-state index is 13.1. The van der Waals surface area contributed by atoms with Gasteiger partial charge >= 0.3 is 0 Å². The predicted octanol–water partition coefficient (Wildman–Crippen LogP) is 5.66. The van der Waals surface area contributed by atoms with E-state index in [2.05, 4.69) is 0 Å². The summed E-state index contributed by atoms with van der Waals surface area (Å²) in [5.41, 5.74) is 3.81. The van der Waals surface area contributed by atoms with Crippen LogP contribution in [0, 0.1) is 24.0 Å². The maximum atomic E-state index is 13.1. The van der Waals surface area contributed by atoms with Crippen molar-refractivity contribution in [1.82, 2.24) is 4.98 Å². The molecule has 2 aromatic heterocycles. The number of aromatic nitrogens is 1. The Kier molecular flexibility index (Phi) is 5.64. The molecule has 0 saturated heterocycles. The van der Waals surface area contributed by atoms with E-state index in [4.69, 9.17) is 9.40 Å². The smallest absolute Gasteiger partial charge is 0.269 e. The van der Waals surface area contributed by atoms with Crippen LogP contribution < -0.4 is 4.90 Å². The third kappa shape index (κ3) is 4.39. The lowest BCUT2D eigenvalue weighted by Gasteiger charge is -2.16. The SMILES string of the molecule is Cc1ccc2sc(N(Cc3ccco3)C(=O)/C=C\c3ccc([N+](=O)[O-])cc3)nc2c1C. The van der Waals surface area contributed by atoms with E-state index in [1.165, 1.54) is 29.5 Å². The molecule has 0 radical (unpaired) electrons. The zero-order valence-corrected chi connectivity index (χ0v) is 17.8. The minimum absolute atomic E-state index is 0.00283. The van der Waals surface area contributed by atoms with Crippen LogP contribution in [0.25, 0.3) is 16.3 Å². The summed E-state index contributed by atoms with van der Waals surface area (Å²) in [6, 6.07) is 13.7. The highest BCUT2D eigenvalue weighted by Gasteiger charge is 2.20. The predicted molar refractivity (Wildman–Crippen MR) is 121 cm³/mol. The Labute approximate surface area is 182 Å². The second-order valence-corrected chi connectivity index (χ2v) is 8.05. The van der Waals surface area contributed by atoms with Gasteiger partial charge in [-0.2, -0.15) is 0 Å². The van der Waals surface area contributed by atoms with Gasteiger partial charge in [0.2, 0.25) is 0 Å². The summed E-state index contributed by atoms with van der Waals surface area (Å²) in [6.07, 6.45) is 4.63. The van der Waals surface area contributed by atoms with E-state index in [-0.39, 0.29) is 18.1 Å². The molecule has 2 heterocycles. The quantitative estimate of drug-likeness (QED) is 0.222. The van der Waals surface area contributed by atoms with E-state index in [1.807, 2.05) is 32.0 Å². The maximum Gasteiger partial charge on any atom is 0.269 e. The number of furan rings is 1. The number of thiazole rings is 1. The number of nitro groups is 1. The Morgan fingerprint density at radius 1 is 1.19 bits per heavy atom. The third-order valence-corrected chi connectivity index (χ3v) is 6.03. The number of fused-ring (bicyclic) bond motifs is 1. The van der Waals surface area contributed by atoms with Crippen LogP contribution in [0.1, 0.15) is 22.5 Å². The van der Waals surface area contributed by atoms with E-state index in [0.29, 0.717) is 16.5 Å². The van der Waals surface area contributed by atoms with Crippen molar-refractivity contribution in [3.63, 3.8) is 0 Å². The summed E-state index contributed by atoms with van der Waals surface area (Å²) in [4.78, 5) is 29.8. The number of aryl methyl sites for hydroxylation is 2. The molecule has 7 nitrogen and oxygen atoms in total. The van der Waals surface area contributed by atoms with Crippen molar-refractivity contribution >= 4 is 44.4 Å². The molecule has 31 heavy (non-hydrogen) atoms. The number of anilines is 1. The molecule has 4 rings (SSSR count). The van der Waals surface area contributed by atoms with E-state index < -0.39 is 4.92 Å². The summed E-state index contributed by atoms with van der Waals surface area (Å²) >= 11 is 1.45. The van der Waals surface area contributed by atoms with Gasteiger partial charge in [-0.15, -0.1) is 0 Å². The zero-order valence-electron chi connectivity index (χ0n) is 16.9. The standard InChI is InChI=1S/C23H19N3O4S/c1-15-5-11-20-22(16(15)2)24-23(31-20)25(14-19-4-3-13-30-19)21(27)12-8-17-6-9-18(10-7-17)26(28)29/h3-13H,14H2,1-2H3/b12-8-. The number of rotatable bonds is 6. The zero-order chi connectivity index (χ0) is 22.0. The van der Waals surface area contributed by atoms with Crippen molar-refractivity contribution in [2.45, 2.75) is 20.4 Å². The van der Waals surface area contributed by atoms with Crippen LogP contribution in [0.2, 0.25) is 0 Å². The molecule has 0 aliphatic rings. The Morgan fingerprint density at radius 3 is 2.65 bits per heavy atom. The molecule has 2 aromatic carbocycles. The van der Waals surface area contributed by atoms with Crippen molar-refractivity contribution in [2.75, 3.05) is 4.90 Å². The average molecular weight is 433 g/mol. The first-order chi connectivity index (χ1) is 14.9. The van der Waals surface area contributed by atoms with Crippen molar-refractivity contribution in [2.24, 2.45) is 0 Å². The molecule has 156 valence electrons. The van der Waals surface area contributed by atoms with Crippen LogP contribution in [0.5, 0.6) is 0 Å². The highest BCUT2D eigenvalue weighted by molar-refractivity contribution is 7.22. The summed E-state index contributed by atoms with van der Waals surface area (Å²) in [6.45, 7) is 4.30. The first-order valence-electron chi connectivity index (χ1n) is 9.55. The van der Waals surface area contributed by atoms with Crippen LogP contribution in [0.15, 0.2) is 65.3 Å². The van der Waals surface area contributed by atoms with Crippen molar-refractivity contribution < 1.29 is 14.1 Å². The molecule has 8 heteroatoms. The summed E-state index contributed by atoms with van der Waals surface area (Å²) in [5.74, 6) is 0.382. The minimum atomic E-state index is -0.458. The van der Waals surface area contributed by atoms with Crippen molar-refractivity contribution in [3.05, 3.63) is 93.4 Å². The Bertz CT molecular complexity index is 1270. The molecule has 0 aliphatic carbocycles. The number of nitrogens with zero attached hydrogens (tertiary/aromatic N) is 3. The highest BCUT2D eigenvalue weighted by Crippen LogP contribution is 2.33. The first kappa shape index (κ1) is 20.5. The monoisotopic (exact) mass is 433 g/mol. The molecule has 1 amide bonds. The number of benzene rings is 2. The lowest BCUT2D eigenvalue weighted by Crippen LogP contribution is -2.28. The molecule has 0 spiro atoms. The largest absolute Gasteiger partial charge is 0.467 e. The van der Waals surface area contributed by atoms with Gasteiger partial charge in [0.25, 0.3) is 11.6 Å². The number of hydrogen-bond donors (Lipinski definition) is 0. The molecule has 0 bridgehead atoms. The number of carbonyl (C=O) groups excluding carboxylic acids is 1. The molecular formula is C23H19N3O4S. The number of hydrogen-bond acceptors (Lipinski definition) is 6. The molecule has 0 unspecified atom stereocenters. The minimum Gasteiger partial charge on any atom is -0.467 e. The summed E-state index contributed by atoms with van der Waals surface area (Å²) < 4.78 is 6.45. The van der Waals surface area contributed by atoms with Crippen molar-refractivity contribution in [1.29, 1.82) is 0 Å². The fourth-order valence-electron chi connectivity index (χ4n) is 3.09. The second-order valence-electron chi connectivity index (χ2n) is 7.04. The van der Waals surface area contributed by atoms with Crippen LogP contribution >= 0.6 is 11.3 Å². The molecular weight excluding hydrogens is 414 g/mol. The molecule has 0 aliphatic heterocycles. The van der Waals surface area contributed by atoms with Crippen LogP contribution in [-0.4, -0.2) is 15.8 Å². The van der Waals surface area contributed by atoms with E-state index >= 15 is 0 Å². The molecule has 0 fully saturated rings. The lowest BCUT2D eigenvalue weighted by atomic mass is 10.1. The first-order valence-corrected chi connectivity index (χ1v) is 10.4. The number of nitro benzene ring substituents is 1. The van der Waals surface area contributed by atoms with Gasteiger partial charge in [-0.3, -0.25) is 19.8 Å². The van der Waals surface area contributed by atoms with Gasteiger partial charge in [0.05, 0.1) is 27.9 Å². The topological polar surface area (TPSA) is 89.5 Å². The number of non-ortho nitro benzene ring substituents is 1. The van der Waals surface area contributed by atoms with Gasteiger partial charge in [-0.05, 0) is 66.9 Å². The highest BCUT2D eigenvalue weighted by atomic mass is 32.1. The van der Waals surface area contributed by atoms with Gasteiger partial charge in [0.15, 0.2) is 5.13 Å². The molecule has 4 aromatic rings. The number of amides is 1. The van der Waals surface area contributed by atoms with Crippen LogP contribution in [0.4, 0.5) is 10.8 Å². The van der Waals surface area contributed by atoms with Gasteiger partial charge in [0, 0.05) is 18.2 Å². The van der Waals surface area contributed by atoms with Gasteiger partial charge < -0.3 is 4.42 Å². The van der Waals surface area contributed by atoms with Gasteiger partial charge in [-0.1, -0.05) is 17.4 Å². The Morgan fingerprint density at radius 2 is 1.97 bits per heavy atom. The van der Waals surface area contributed by atoms with Gasteiger partial charge in [-0.25, -0.2) is 4.98 Å². The number of carbonyl (C=O) groups is 1. The average Bonchev–Trinajstić information content (AvgIpc) is 3.43. The summed E-state index contributed by atoms with van der Waals surface area (Å²) in [5, 5.41) is 11.4. The molecule has 0 atom stereocenters.